The molecule has 2 heterocycles. The van der Waals surface area contributed by atoms with E-state index in [1.807, 2.05) is 11.3 Å². The Kier molecular flexibility index (Phi) is 3.85. The van der Waals surface area contributed by atoms with E-state index in [-0.39, 0.29) is 0 Å². The molecule has 0 amide bonds. The molecule has 1 aromatic heterocycles. The van der Waals surface area contributed by atoms with Crippen molar-refractivity contribution >= 4 is 17.0 Å². The third kappa shape index (κ3) is 3.17. The zero-order valence-corrected chi connectivity index (χ0v) is 12.2. The fourth-order valence-corrected chi connectivity index (χ4v) is 3.53. The summed E-state index contributed by atoms with van der Waals surface area (Å²) >= 11 is 1.92. The minimum Gasteiger partial charge on any atom is -0.369 e. The molecule has 1 aliphatic rings. The second-order valence-corrected chi connectivity index (χ2v) is 6.48. The van der Waals surface area contributed by atoms with Gasteiger partial charge in [-0.25, -0.2) is 0 Å². The largest absolute Gasteiger partial charge is 0.369 e. The summed E-state index contributed by atoms with van der Waals surface area (Å²) in [6, 6.07) is 15.2. The topological polar surface area (TPSA) is 6.48 Å². The van der Waals surface area contributed by atoms with Crippen LogP contribution in [0.1, 0.15) is 9.75 Å². The molecule has 1 saturated heterocycles. The molecular weight excluding hydrogens is 252 g/mol. The molecule has 3 heteroatoms. The lowest BCUT2D eigenvalue weighted by molar-refractivity contribution is 0.252. The maximum Gasteiger partial charge on any atom is 0.0367 e. The molecular formula is C16H20N2S. The summed E-state index contributed by atoms with van der Waals surface area (Å²) in [5.74, 6) is 0. The molecule has 1 fully saturated rings. The van der Waals surface area contributed by atoms with Gasteiger partial charge < -0.3 is 4.90 Å². The molecule has 0 bridgehead atoms. The number of para-hydroxylation sites is 1. The van der Waals surface area contributed by atoms with Crippen LogP contribution < -0.4 is 4.90 Å². The van der Waals surface area contributed by atoms with Gasteiger partial charge >= 0.3 is 0 Å². The van der Waals surface area contributed by atoms with E-state index in [4.69, 9.17) is 0 Å². The summed E-state index contributed by atoms with van der Waals surface area (Å²) in [5, 5.41) is 0. The Balaban J connectivity index is 1.55. The zero-order chi connectivity index (χ0) is 13.1. The quantitative estimate of drug-likeness (QED) is 0.845. The minimum absolute atomic E-state index is 1.11. The van der Waals surface area contributed by atoms with Gasteiger partial charge in [0.25, 0.3) is 0 Å². The van der Waals surface area contributed by atoms with E-state index >= 15 is 0 Å². The summed E-state index contributed by atoms with van der Waals surface area (Å²) in [6.45, 7) is 7.88. The number of aryl methyl sites for hydroxylation is 1. The van der Waals surface area contributed by atoms with E-state index in [9.17, 15) is 0 Å². The maximum atomic E-state index is 2.56. The lowest BCUT2D eigenvalue weighted by atomic mass is 10.2. The van der Waals surface area contributed by atoms with Crippen LogP contribution in [0.15, 0.2) is 42.5 Å². The van der Waals surface area contributed by atoms with Gasteiger partial charge in [-0.15, -0.1) is 11.3 Å². The highest BCUT2D eigenvalue weighted by Gasteiger charge is 2.17. The molecule has 0 radical (unpaired) electrons. The molecule has 0 unspecified atom stereocenters. The van der Waals surface area contributed by atoms with Gasteiger partial charge in [0, 0.05) is 48.2 Å². The van der Waals surface area contributed by atoms with E-state index in [2.05, 4.69) is 59.2 Å². The van der Waals surface area contributed by atoms with Gasteiger partial charge in [-0.05, 0) is 31.2 Å². The third-order valence-corrected chi connectivity index (χ3v) is 4.65. The fourth-order valence-electron chi connectivity index (χ4n) is 2.59. The van der Waals surface area contributed by atoms with Crippen molar-refractivity contribution in [3.63, 3.8) is 0 Å². The molecule has 1 aliphatic heterocycles. The minimum atomic E-state index is 1.11. The van der Waals surface area contributed by atoms with E-state index in [1.54, 1.807) is 0 Å². The Morgan fingerprint density at radius 2 is 1.68 bits per heavy atom. The van der Waals surface area contributed by atoms with Gasteiger partial charge in [0.2, 0.25) is 0 Å². The first-order valence-electron chi connectivity index (χ1n) is 6.89. The molecule has 0 spiro atoms. The van der Waals surface area contributed by atoms with Gasteiger partial charge in [0.05, 0.1) is 0 Å². The van der Waals surface area contributed by atoms with E-state index in [1.165, 1.54) is 15.4 Å². The van der Waals surface area contributed by atoms with Crippen molar-refractivity contribution in [2.24, 2.45) is 0 Å². The number of hydrogen-bond acceptors (Lipinski definition) is 3. The zero-order valence-electron chi connectivity index (χ0n) is 11.4. The molecule has 0 N–H and O–H groups in total. The molecule has 2 nitrogen and oxygen atoms in total. The molecule has 1 aromatic carbocycles. The summed E-state index contributed by atoms with van der Waals surface area (Å²) in [4.78, 5) is 7.95. The molecule has 2 aromatic rings. The highest BCUT2D eigenvalue weighted by Crippen LogP contribution is 2.20. The van der Waals surface area contributed by atoms with E-state index < -0.39 is 0 Å². The lowest BCUT2D eigenvalue weighted by Crippen LogP contribution is -2.45. The Hall–Kier alpha value is -1.32. The van der Waals surface area contributed by atoms with Gasteiger partial charge in [0.1, 0.15) is 0 Å². The Morgan fingerprint density at radius 3 is 2.32 bits per heavy atom. The van der Waals surface area contributed by atoms with E-state index in [0.717, 1.165) is 32.7 Å². The second-order valence-electron chi connectivity index (χ2n) is 5.11. The molecule has 100 valence electrons. The van der Waals surface area contributed by atoms with Crippen LogP contribution in [0.2, 0.25) is 0 Å². The number of thiophene rings is 1. The molecule has 19 heavy (non-hydrogen) atoms. The van der Waals surface area contributed by atoms with Crippen LogP contribution in [0.25, 0.3) is 0 Å². The lowest BCUT2D eigenvalue weighted by Gasteiger charge is -2.35. The first-order chi connectivity index (χ1) is 9.31. The van der Waals surface area contributed by atoms with Crippen molar-refractivity contribution in [3.05, 3.63) is 52.2 Å². The van der Waals surface area contributed by atoms with Crippen LogP contribution in [0, 0.1) is 6.92 Å². The molecule has 0 atom stereocenters. The summed E-state index contributed by atoms with van der Waals surface area (Å²) < 4.78 is 0. The Morgan fingerprint density at radius 1 is 0.947 bits per heavy atom. The average Bonchev–Trinajstić information content (AvgIpc) is 2.86. The van der Waals surface area contributed by atoms with Crippen molar-refractivity contribution in [3.8, 4) is 0 Å². The van der Waals surface area contributed by atoms with Gasteiger partial charge in [-0.1, -0.05) is 18.2 Å². The molecule has 3 rings (SSSR count). The van der Waals surface area contributed by atoms with Crippen molar-refractivity contribution in [1.29, 1.82) is 0 Å². The van der Waals surface area contributed by atoms with Crippen molar-refractivity contribution in [1.82, 2.24) is 4.90 Å². The normalized spacial score (nSPS) is 16.8. The Bertz CT molecular complexity index is 513. The predicted octanol–water partition coefficient (Wildman–Crippen LogP) is 3.38. The number of benzene rings is 1. The monoisotopic (exact) mass is 272 g/mol. The summed E-state index contributed by atoms with van der Waals surface area (Å²) in [5.41, 5.74) is 1.36. The van der Waals surface area contributed by atoms with Gasteiger partial charge in [0.15, 0.2) is 0 Å². The number of hydrogen-bond donors (Lipinski definition) is 0. The predicted molar refractivity (Wildman–Crippen MR) is 83.0 cm³/mol. The van der Waals surface area contributed by atoms with Crippen LogP contribution >= 0.6 is 11.3 Å². The Labute approximate surface area is 119 Å². The smallest absolute Gasteiger partial charge is 0.0367 e. The van der Waals surface area contributed by atoms with Crippen LogP contribution in [0.4, 0.5) is 5.69 Å². The van der Waals surface area contributed by atoms with Crippen LogP contribution in [-0.4, -0.2) is 31.1 Å². The third-order valence-electron chi connectivity index (χ3n) is 3.67. The van der Waals surface area contributed by atoms with Gasteiger partial charge in [-0.3, -0.25) is 4.90 Å². The van der Waals surface area contributed by atoms with Crippen LogP contribution in [-0.2, 0) is 6.54 Å². The first-order valence-corrected chi connectivity index (χ1v) is 7.70. The van der Waals surface area contributed by atoms with E-state index in [0.29, 0.717) is 0 Å². The number of piperazine rings is 1. The van der Waals surface area contributed by atoms with Crippen molar-refractivity contribution in [2.75, 3.05) is 31.1 Å². The van der Waals surface area contributed by atoms with Gasteiger partial charge in [-0.2, -0.15) is 0 Å². The highest BCUT2D eigenvalue weighted by molar-refractivity contribution is 7.11. The van der Waals surface area contributed by atoms with Crippen LogP contribution in [0.3, 0.4) is 0 Å². The van der Waals surface area contributed by atoms with Crippen LogP contribution in [0.5, 0.6) is 0 Å². The van der Waals surface area contributed by atoms with Crippen molar-refractivity contribution in [2.45, 2.75) is 13.5 Å². The fraction of sp³-hybridized carbons (Fsp3) is 0.375. The number of anilines is 1. The number of rotatable bonds is 3. The summed E-state index contributed by atoms with van der Waals surface area (Å²) in [7, 11) is 0. The second kappa shape index (κ2) is 5.76. The number of nitrogens with zero attached hydrogens (tertiary/aromatic N) is 2. The van der Waals surface area contributed by atoms with Crippen molar-refractivity contribution < 1.29 is 0 Å². The molecule has 0 saturated carbocycles. The standard InChI is InChI=1S/C16H20N2S/c1-14-7-8-16(19-14)13-17-9-11-18(12-10-17)15-5-3-2-4-6-15/h2-8H,9-13H2,1H3. The average molecular weight is 272 g/mol. The first kappa shape index (κ1) is 12.7. The maximum absolute atomic E-state index is 2.56. The molecule has 0 aliphatic carbocycles. The SMILES string of the molecule is Cc1ccc(CN2CCN(c3ccccc3)CC2)s1. The summed E-state index contributed by atoms with van der Waals surface area (Å²) in [6.07, 6.45) is 0. The highest BCUT2D eigenvalue weighted by atomic mass is 32.1.